The van der Waals surface area contributed by atoms with Gasteiger partial charge >= 0.3 is 0 Å². The van der Waals surface area contributed by atoms with Crippen LogP contribution in [0.15, 0.2) is 78.0 Å². The van der Waals surface area contributed by atoms with E-state index in [2.05, 4.69) is 15.5 Å². The summed E-state index contributed by atoms with van der Waals surface area (Å²) < 4.78 is 5.78. The van der Waals surface area contributed by atoms with Crippen LogP contribution in [0.2, 0.25) is 5.02 Å². The molecule has 3 rings (SSSR count). The maximum Gasteiger partial charge on any atom is 0.275 e. The number of amides is 1. The highest BCUT2D eigenvalue weighted by molar-refractivity contribution is 6.30. The van der Waals surface area contributed by atoms with Crippen molar-refractivity contribution in [1.82, 2.24) is 10.4 Å². The number of nitrogens with one attached hydrogen (secondary N) is 1. The molecule has 0 unspecified atom stereocenters. The summed E-state index contributed by atoms with van der Waals surface area (Å²) in [6.45, 7) is 0.332. The summed E-state index contributed by atoms with van der Waals surface area (Å²) in [6.07, 6.45) is 3.14. The highest BCUT2D eigenvalue weighted by Crippen LogP contribution is 2.20. The van der Waals surface area contributed by atoms with Crippen molar-refractivity contribution in [2.75, 3.05) is 0 Å². The standard InChI is InChI=1S/C20H16ClN3O2/c21-16-10-8-15(9-11-16)14-26-19-7-2-1-6-18(19)20(25)24-23-13-17-5-3-4-12-22-17/h1-13H,14H2,(H,24,25)/b23-13+. The molecule has 0 bridgehead atoms. The summed E-state index contributed by atoms with van der Waals surface area (Å²) in [4.78, 5) is 16.5. The molecule has 0 aliphatic carbocycles. The number of ether oxygens (including phenoxy) is 1. The molecule has 0 saturated carbocycles. The largest absolute Gasteiger partial charge is 0.488 e. The maximum absolute atomic E-state index is 12.4. The Labute approximate surface area is 156 Å². The second-order valence-electron chi connectivity index (χ2n) is 5.37. The van der Waals surface area contributed by atoms with Gasteiger partial charge in [-0.15, -0.1) is 0 Å². The zero-order valence-corrected chi connectivity index (χ0v) is 14.6. The molecular formula is C20H16ClN3O2. The predicted molar refractivity (Wildman–Crippen MR) is 102 cm³/mol. The number of benzene rings is 2. The van der Waals surface area contributed by atoms with Crippen LogP contribution >= 0.6 is 11.6 Å². The number of pyridine rings is 1. The SMILES string of the molecule is O=C(N/N=C/c1ccccn1)c1ccccc1OCc1ccc(Cl)cc1. The number of hydrazone groups is 1. The first kappa shape index (κ1) is 17.6. The van der Waals surface area contributed by atoms with E-state index >= 15 is 0 Å². The van der Waals surface area contributed by atoms with Crippen molar-refractivity contribution in [3.8, 4) is 5.75 Å². The average molecular weight is 366 g/mol. The summed E-state index contributed by atoms with van der Waals surface area (Å²) in [5, 5.41) is 4.60. The molecular weight excluding hydrogens is 350 g/mol. The molecule has 0 radical (unpaired) electrons. The van der Waals surface area contributed by atoms with Crippen LogP contribution in [0.25, 0.3) is 0 Å². The van der Waals surface area contributed by atoms with E-state index in [1.54, 1.807) is 42.6 Å². The van der Waals surface area contributed by atoms with Gasteiger partial charge in [0.25, 0.3) is 5.91 Å². The van der Waals surface area contributed by atoms with Crippen molar-refractivity contribution in [3.63, 3.8) is 0 Å². The zero-order chi connectivity index (χ0) is 18.2. The molecule has 0 aliphatic rings. The van der Waals surface area contributed by atoms with Gasteiger partial charge in [-0.1, -0.05) is 41.9 Å². The number of carbonyl (C=O) groups excluding carboxylic acids is 1. The molecule has 3 aromatic rings. The van der Waals surface area contributed by atoms with E-state index in [1.807, 2.05) is 30.3 Å². The van der Waals surface area contributed by atoms with E-state index < -0.39 is 0 Å². The predicted octanol–water partition coefficient (Wildman–Crippen LogP) is 4.08. The normalized spacial score (nSPS) is 10.7. The number of aromatic nitrogens is 1. The van der Waals surface area contributed by atoms with Gasteiger partial charge in [0.05, 0.1) is 17.5 Å². The van der Waals surface area contributed by atoms with Gasteiger partial charge in [0.15, 0.2) is 0 Å². The van der Waals surface area contributed by atoms with Crippen molar-refractivity contribution in [3.05, 3.63) is 94.8 Å². The topological polar surface area (TPSA) is 63.6 Å². The first-order valence-electron chi connectivity index (χ1n) is 7.93. The Morgan fingerprint density at radius 2 is 1.85 bits per heavy atom. The molecule has 6 heteroatoms. The monoisotopic (exact) mass is 365 g/mol. The van der Waals surface area contributed by atoms with E-state index in [-0.39, 0.29) is 5.91 Å². The van der Waals surface area contributed by atoms with Crippen LogP contribution < -0.4 is 10.2 Å². The molecule has 0 aliphatic heterocycles. The fourth-order valence-corrected chi connectivity index (χ4v) is 2.32. The molecule has 1 heterocycles. The number of hydrogen-bond donors (Lipinski definition) is 1. The molecule has 0 atom stereocenters. The molecule has 0 spiro atoms. The Balaban J connectivity index is 1.65. The van der Waals surface area contributed by atoms with Gasteiger partial charge in [-0.2, -0.15) is 5.10 Å². The summed E-state index contributed by atoms with van der Waals surface area (Å²) in [6, 6.07) is 19.8. The Kier molecular flexibility index (Phi) is 5.96. The quantitative estimate of drug-likeness (QED) is 0.529. The number of para-hydroxylation sites is 1. The average Bonchev–Trinajstić information content (AvgIpc) is 2.68. The van der Waals surface area contributed by atoms with Gasteiger partial charge in [-0.25, -0.2) is 5.43 Å². The van der Waals surface area contributed by atoms with E-state index in [4.69, 9.17) is 16.3 Å². The lowest BCUT2D eigenvalue weighted by Crippen LogP contribution is -2.18. The molecule has 26 heavy (non-hydrogen) atoms. The van der Waals surface area contributed by atoms with Gasteiger partial charge in [-0.3, -0.25) is 9.78 Å². The second-order valence-corrected chi connectivity index (χ2v) is 5.80. The fraction of sp³-hybridized carbons (Fsp3) is 0.0500. The van der Waals surface area contributed by atoms with Gasteiger partial charge in [-0.05, 0) is 42.0 Å². The number of hydrogen-bond acceptors (Lipinski definition) is 4. The molecule has 0 fully saturated rings. The summed E-state index contributed by atoms with van der Waals surface area (Å²) in [7, 11) is 0. The van der Waals surface area contributed by atoms with Crippen molar-refractivity contribution in [2.45, 2.75) is 6.61 Å². The maximum atomic E-state index is 12.4. The minimum atomic E-state index is -0.358. The Bertz CT molecular complexity index is 896. The van der Waals surface area contributed by atoms with Crippen molar-refractivity contribution in [2.24, 2.45) is 5.10 Å². The van der Waals surface area contributed by atoms with E-state index in [1.165, 1.54) is 6.21 Å². The first-order chi connectivity index (χ1) is 12.7. The molecule has 1 N–H and O–H groups in total. The number of rotatable bonds is 6. The van der Waals surface area contributed by atoms with Gasteiger partial charge < -0.3 is 4.74 Å². The highest BCUT2D eigenvalue weighted by Gasteiger charge is 2.11. The molecule has 5 nitrogen and oxygen atoms in total. The van der Waals surface area contributed by atoms with Gasteiger partial charge in [0.1, 0.15) is 12.4 Å². The smallest absolute Gasteiger partial charge is 0.275 e. The van der Waals surface area contributed by atoms with Crippen LogP contribution in [0.4, 0.5) is 0 Å². The Morgan fingerprint density at radius 3 is 2.62 bits per heavy atom. The minimum Gasteiger partial charge on any atom is -0.488 e. The molecule has 1 aromatic heterocycles. The van der Waals surface area contributed by atoms with Crippen LogP contribution in [0.3, 0.4) is 0 Å². The number of carbonyl (C=O) groups is 1. The zero-order valence-electron chi connectivity index (χ0n) is 13.8. The molecule has 130 valence electrons. The van der Waals surface area contributed by atoms with Crippen molar-refractivity contribution < 1.29 is 9.53 Å². The second kappa shape index (κ2) is 8.78. The third-order valence-electron chi connectivity index (χ3n) is 3.49. The Morgan fingerprint density at radius 1 is 1.08 bits per heavy atom. The fourth-order valence-electron chi connectivity index (χ4n) is 2.19. The summed E-state index contributed by atoms with van der Waals surface area (Å²) >= 11 is 5.88. The van der Waals surface area contributed by atoms with Crippen molar-refractivity contribution >= 4 is 23.7 Å². The number of nitrogens with zero attached hydrogens (tertiary/aromatic N) is 2. The molecule has 0 saturated heterocycles. The van der Waals surface area contributed by atoms with Crippen LogP contribution in [-0.2, 0) is 6.61 Å². The summed E-state index contributed by atoms with van der Waals surface area (Å²) in [5.41, 5.74) is 4.50. The lowest BCUT2D eigenvalue weighted by atomic mass is 10.2. The lowest BCUT2D eigenvalue weighted by molar-refractivity contribution is 0.0950. The minimum absolute atomic E-state index is 0.332. The van der Waals surface area contributed by atoms with E-state index in [0.717, 1.165) is 5.56 Å². The molecule has 1 amide bonds. The van der Waals surface area contributed by atoms with Crippen LogP contribution in [0.1, 0.15) is 21.6 Å². The van der Waals surface area contributed by atoms with Crippen molar-refractivity contribution in [1.29, 1.82) is 0 Å². The number of halogens is 1. The van der Waals surface area contributed by atoms with Crippen LogP contribution in [0.5, 0.6) is 5.75 Å². The first-order valence-corrected chi connectivity index (χ1v) is 8.31. The molecule has 2 aromatic carbocycles. The van der Waals surface area contributed by atoms with E-state index in [0.29, 0.717) is 28.6 Å². The Hall–Kier alpha value is -3.18. The van der Waals surface area contributed by atoms with Gasteiger partial charge in [0, 0.05) is 11.2 Å². The highest BCUT2D eigenvalue weighted by atomic mass is 35.5. The summed E-state index contributed by atoms with van der Waals surface area (Å²) in [5.74, 6) is 0.122. The van der Waals surface area contributed by atoms with Crippen LogP contribution in [-0.4, -0.2) is 17.1 Å². The van der Waals surface area contributed by atoms with E-state index in [9.17, 15) is 4.79 Å². The third-order valence-corrected chi connectivity index (χ3v) is 3.74. The van der Waals surface area contributed by atoms with Gasteiger partial charge in [0.2, 0.25) is 0 Å². The lowest BCUT2D eigenvalue weighted by Gasteiger charge is -2.10. The van der Waals surface area contributed by atoms with Crippen LogP contribution in [0, 0.1) is 0 Å². The third kappa shape index (κ3) is 4.91.